The second-order valence-electron chi connectivity index (χ2n) is 7.15. The summed E-state index contributed by atoms with van der Waals surface area (Å²) in [7, 11) is 0. The number of carbonyl (C=O) groups is 1. The molecule has 24 heavy (non-hydrogen) atoms. The van der Waals surface area contributed by atoms with Crippen LogP contribution >= 0.6 is 0 Å². The molecule has 0 saturated heterocycles. The van der Waals surface area contributed by atoms with Gasteiger partial charge in [-0.15, -0.1) is 0 Å². The number of hydrogen-bond acceptors (Lipinski definition) is 3. The standard InChI is InChI=1S/C20H23N3O/c1-20(2,3)22-13-14-6-8-17(9-7-14)23-19(24)16-11-15-5-4-10-21-18(15)12-16/h4-10,12,22H,11,13H2,1-3H3,(H,23,24). The van der Waals surface area contributed by atoms with Crippen molar-refractivity contribution in [2.45, 2.75) is 39.3 Å². The Morgan fingerprint density at radius 2 is 1.92 bits per heavy atom. The van der Waals surface area contributed by atoms with E-state index in [1.807, 2.05) is 42.5 Å². The predicted molar refractivity (Wildman–Crippen MR) is 97.6 cm³/mol. The zero-order valence-corrected chi connectivity index (χ0v) is 14.4. The zero-order valence-electron chi connectivity index (χ0n) is 14.4. The zero-order chi connectivity index (χ0) is 17.2. The van der Waals surface area contributed by atoms with Gasteiger partial charge in [0.15, 0.2) is 0 Å². The summed E-state index contributed by atoms with van der Waals surface area (Å²) in [6.07, 6.45) is 4.26. The number of rotatable bonds is 4. The molecule has 0 radical (unpaired) electrons. The van der Waals surface area contributed by atoms with Crippen molar-refractivity contribution in [3.63, 3.8) is 0 Å². The summed E-state index contributed by atoms with van der Waals surface area (Å²) < 4.78 is 0. The highest BCUT2D eigenvalue weighted by atomic mass is 16.1. The molecule has 1 aliphatic carbocycles. The number of pyridine rings is 1. The van der Waals surface area contributed by atoms with E-state index in [-0.39, 0.29) is 11.4 Å². The van der Waals surface area contributed by atoms with Crippen molar-refractivity contribution in [1.29, 1.82) is 0 Å². The smallest absolute Gasteiger partial charge is 0.252 e. The topological polar surface area (TPSA) is 54.0 Å². The Kier molecular flexibility index (Phi) is 4.49. The Morgan fingerprint density at radius 3 is 2.58 bits per heavy atom. The number of anilines is 1. The molecule has 0 fully saturated rings. The van der Waals surface area contributed by atoms with Gasteiger partial charge in [-0.3, -0.25) is 9.78 Å². The van der Waals surface area contributed by atoms with Crippen LogP contribution in [-0.2, 0) is 17.8 Å². The number of aromatic nitrogens is 1. The lowest BCUT2D eigenvalue weighted by molar-refractivity contribution is -0.112. The van der Waals surface area contributed by atoms with E-state index in [2.05, 4.69) is 36.4 Å². The number of benzene rings is 1. The monoisotopic (exact) mass is 321 g/mol. The molecular weight excluding hydrogens is 298 g/mol. The van der Waals surface area contributed by atoms with Crippen LogP contribution in [-0.4, -0.2) is 16.4 Å². The van der Waals surface area contributed by atoms with Crippen LogP contribution in [0.1, 0.15) is 37.6 Å². The van der Waals surface area contributed by atoms with Crippen LogP contribution < -0.4 is 10.6 Å². The molecule has 124 valence electrons. The maximum Gasteiger partial charge on any atom is 0.252 e. The lowest BCUT2D eigenvalue weighted by Crippen LogP contribution is -2.35. The second kappa shape index (κ2) is 6.57. The first-order valence-corrected chi connectivity index (χ1v) is 8.20. The third-order valence-electron chi connectivity index (χ3n) is 3.94. The molecule has 1 amide bonds. The molecule has 0 saturated carbocycles. The van der Waals surface area contributed by atoms with Crippen molar-refractivity contribution in [2.75, 3.05) is 5.32 Å². The summed E-state index contributed by atoms with van der Waals surface area (Å²) in [6, 6.07) is 11.9. The van der Waals surface area contributed by atoms with Crippen LogP contribution in [0.25, 0.3) is 6.08 Å². The van der Waals surface area contributed by atoms with Crippen molar-refractivity contribution in [1.82, 2.24) is 10.3 Å². The average Bonchev–Trinajstić information content (AvgIpc) is 2.98. The SMILES string of the molecule is CC(C)(C)NCc1ccc(NC(=O)C2=Cc3ncccc3C2)cc1. The fourth-order valence-electron chi connectivity index (χ4n) is 2.58. The van der Waals surface area contributed by atoms with Crippen molar-refractivity contribution >= 4 is 17.7 Å². The number of hydrogen-bond donors (Lipinski definition) is 2. The normalized spacial score (nSPS) is 13.4. The molecule has 0 aliphatic heterocycles. The summed E-state index contributed by atoms with van der Waals surface area (Å²) >= 11 is 0. The molecule has 0 atom stereocenters. The number of nitrogens with one attached hydrogen (secondary N) is 2. The maximum atomic E-state index is 12.4. The number of fused-ring (bicyclic) bond motifs is 1. The molecule has 2 aromatic rings. The molecule has 4 heteroatoms. The minimum absolute atomic E-state index is 0.0615. The Morgan fingerprint density at radius 1 is 1.17 bits per heavy atom. The van der Waals surface area contributed by atoms with Crippen LogP contribution in [0.4, 0.5) is 5.69 Å². The Hall–Kier alpha value is -2.46. The fraction of sp³-hybridized carbons (Fsp3) is 0.300. The molecule has 0 unspecified atom stereocenters. The van der Waals surface area contributed by atoms with Gasteiger partial charge < -0.3 is 10.6 Å². The Labute approximate surface area is 143 Å². The molecule has 1 aromatic carbocycles. The fourth-order valence-corrected chi connectivity index (χ4v) is 2.58. The van der Waals surface area contributed by atoms with Crippen molar-refractivity contribution in [2.24, 2.45) is 0 Å². The van der Waals surface area contributed by atoms with Gasteiger partial charge in [0, 0.05) is 36.0 Å². The summed E-state index contributed by atoms with van der Waals surface area (Å²) in [6.45, 7) is 7.24. The van der Waals surface area contributed by atoms with E-state index in [9.17, 15) is 4.79 Å². The van der Waals surface area contributed by atoms with E-state index < -0.39 is 0 Å². The third-order valence-corrected chi connectivity index (χ3v) is 3.94. The van der Waals surface area contributed by atoms with E-state index in [0.717, 1.165) is 29.1 Å². The molecule has 1 heterocycles. The average molecular weight is 321 g/mol. The van der Waals surface area contributed by atoms with E-state index in [4.69, 9.17) is 0 Å². The van der Waals surface area contributed by atoms with Crippen molar-refractivity contribution in [3.05, 3.63) is 65.0 Å². The van der Waals surface area contributed by atoms with Gasteiger partial charge in [-0.1, -0.05) is 18.2 Å². The first kappa shape index (κ1) is 16.4. The first-order chi connectivity index (χ1) is 11.4. The molecule has 0 bridgehead atoms. The highest BCUT2D eigenvalue weighted by Gasteiger charge is 2.19. The Balaban J connectivity index is 1.60. The largest absolute Gasteiger partial charge is 0.322 e. The van der Waals surface area contributed by atoms with Crippen LogP contribution in [0.2, 0.25) is 0 Å². The molecule has 3 rings (SSSR count). The van der Waals surface area contributed by atoms with Gasteiger partial charge in [0.1, 0.15) is 0 Å². The highest BCUT2D eigenvalue weighted by Crippen LogP contribution is 2.23. The molecule has 4 nitrogen and oxygen atoms in total. The van der Waals surface area contributed by atoms with E-state index in [0.29, 0.717) is 6.42 Å². The number of amides is 1. The summed E-state index contributed by atoms with van der Waals surface area (Å²) in [4.78, 5) is 16.7. The molecule has 1 aromatic heterocycles. The van der Waals surface area contributed by atoms with Crippen molar-refractivity contribution < 1.29 is 4.79 Å². The van der Waals surface area contributed by atoms with Gasteiger partial charge in [-0.2, -0.15) is 0 Å². The van der Waals surface area contributed by atoms with Crippen LogP contribution in [0.5, 0.6) is 0 Å². The maximum absolute atomic E-state index is 12.4. The van der Waals surface area contributed by atoms with Gasteiger partial charge in [0.2, 0.25) is 0 Å². The molecule has 0 spiro atoms. The van der Waals surface area contributed by atoms with Crippen molar-refractivity contribution in [3.8, 4) is 0 Å². The molecule has 2 N–H and O–H groups in total. The highest BCUT2D eigenvalue weighted by molar-refractivity contribution is 6.08. The lowest BCUT2D eigenvalue weighted by atomic mass is 10.1. The predicted octanol–water partition coefficient (Wildman–Crippen LogP) is 3.55. The molecular formula is C20H23N3O. The van der Waals surface area contributed by atoms with Gasteiger partial charge in [-0.25, -0.2) is 0 Å². The third kappa shape index (κ3) is 4.09. The number of carbonyl (C=O) groups excluding carboxylic acids is 1. The van der Waals surface area contributed by atoms with Crippen LogP contribution in [0.3, 0.4) is 0 Å². The van der Waals surface area contributed by atoms with Crippen LogP contribution in [0.15, 0.2) is 48.2 Å². The minimum atomic E-state index is -0.0615. The number of nitrogens with zero attached hydrogens (tertiary/aromatic N) is 1. The van der Waals surface area contributed by atoms with E-state index >= 15 is 0 Å². The van der Waals surface area contributed by atoms with Gasteiger partial charge >= 0.3 is 0 Å². The first-order valence-electron chi connectivity index (χ1n) is 8.20. The lowest BCUT2D eigenvalue weighted by Gasteiger charge is -2.20. The van der Waals surface area contributed by atoms with E-state index in [1.165, 1.54) is 5.56 Å². The minimum Gasteiger partial charge on any atom is -0.322 e. The summed E-state index contributed by atoms with van der Waals surface area (Å²) in [5.41, 5.74) is 4.84. The van der Waals surface area contributed by atoms with Gasteiger partial charge in [0.05, 0.1) is 5.69 Å². The molecule has 1 aliphatic rings. The van der Waals surface area contributed by atoms with Gasteiger partial charge in [0.25, 0.3) is 5.91 Å². The van der Waals surface area contributed by atoms with Gasteiger partial charge in [-0.05, 0) is 56.2 Å². The summed E-state index contributed by atoms with van der Waals surface area (Å²) in [5, 5.41) is 6.41. The Bertz CT molecular complexity index is 770. The van der Waals surface area contributed by atoms with Crippen LogP contribution in [0, 0.1) is 0 Å². The quantitative estimate of drug-likeness (QED) is 0.905. The second-order valence-corrected chi connectivity index (χ2v) is 7.15. The van der Waals surface area contributed by atoms with E-state index in [1.54, 1.807) is 6.20 Å². The summed E-state index contributed by atoms with van der Waals surface area (Å²) in [5.74, 6) is -0.0615.